The van der Waals surface area contributed by atoms with Gasteiger partial charge in [-0.15, -0.1) is 11.8 Å². The van der Waals surface area contributed by atoms with Crippen LogP contribution in [0.1, 0.15) is 24.2 Å². The molecule has 17 heavy (non-hydrogen) atoms. The lowest BCUT2D eigenvalue weighted by Crippen LogP contribution is -2.23. The summed E-state index contributed by atoms with van der Waals surface area (Å²) in [5, 5.41) is 0. The lowest BCUT2D eigenvalue weighted by molar-refractivity contribution is -0.0887. The SMILES string of the molecule is CC(C)CSc1ccccc1C(=O)C(F)(F)F. The molecule has 0 saturated heterocycles. The summed E-state index contributed by atoms with van der Waals surface area (Å²) in [5.74, 6) is -0.735. The first kappa shape index (κ1) is 14.1. The predicted octanol–water partition coefficient (Wildman–Crippen LogP) is 4.18. The van der Waals surface area contributed by atoms with Crippen LogP contribution >= 0.6 is 11.8 Å². The van der Waals surface area contributed by atoms with Gasteiger partial charge in [-0.05, 0) is 18.1 Å². The molecule has 0 aliphatic heterocycles. The molecule has 0 N–H and O–H groups in total. The van der Waals surface area contributed by atoms with Gasteiger partial charge in [0.2, 0.25) is 0 Å². The summed E-state index contributed by atoms with van der Waals surface area (Å²) in [6.07, 6.45) is -4.81. The Morgan fingerprint density at radius 1 is 1.29 bits per heavy atom. The number of ketones is 1. The average molecular weight is 262 g/mol. The minimum absolute atomic E-state index is 0.259. The van der Waals surface area contributed by atoms with Gasteiger partial charge in [-0.1, -0.05) is 26.0 Å². The van der Waals surface area contributed by atoms with Crippen molar-refractivity contribution in [1.29, 1.82) is 0 Å². The first-order valence-electron chi connectivity index (χ1n) is 5.15. The van der Waals surface area contributed by atoms with Crippen LogP contribution in [0.2, 0.25) is 0 Å². The molecule has 94 valence electrons. The summed E-state index contributed by atoms with van der Waals surface area (Å²) < 4.78 is 37.1. The van der Waals surface area contributed by atoms with Gasteiger partial charge in [0, 0.05) is 16.2 Å². The summed E-state index contributed by atoms with van der Waals surface area (Å²) in [6.45, 7) is 3.95. The van der Waals surface area contributed by atoms with E-state index in [0.717, 1.165) is 0 Å². The van der Waals surface area contributed by atoms with Gasteiger partial charge in [0.25, 0.3) is 5.78 Å². The molecule has 0 unspecified atom stereocenters. The van der Waals surface area contributed by atoms with Crippen molar-refractivity contribution < 1.29 is 18.0 Å². The number of rotatable bonds is 4. The summed E-state index contributed by atoms with van der Waals surface area (Å²) in [5.41, 5.74) is -0.259. The molecule has 0 spiro atoms. The number of Topliss-reactive ketones (excluding diaryl/α,β-unsaturated/α-hetero) is 1. The number of hydrogen-bond donors (Lipinski definition) is 0. The highest BCUT2D eigenvalue weighted by Gasteiger charge is 2.40. The average Bonchev–Trinajstić information content (AvgIpc) is 2.24. The molecule has 0 heterocycles. The second kappa shape index (κ2) is 5.58. The molecule has 0 radical (unpaired) electrons. The summed E-state index contributed by atoms with van der Waals surface area (Å²) in [4.78, 5) is 11.6. The van der Waals surface area contributed by atoms with Crippen LogP contribution in [-0.2, 0) is 0 Å². The third kappa shape index (κ3) is 4.07. The van der Waals surface area contributed by atoms with Crippen LogP contribution in [-0.4, -0.2) is 17.7 Å². The fraction of sp³-hybridized carbons (Fsp3) is 0.417. The number of alkyl halides is 3. The maximum Gasteiger partial charge on any atom is 0.454 e. The Labute approximate surface area is 102 Å². The topological polar surface area (TPSA) is 17.1 Å². The van der Waals surface area contributed by atoms with E-state index in [-0.39, 0.29) is 5.56 Å². The largest absolute Gasteiger partial charge is 0.454 e. The number of hydrogen-bond acceptors (Lipinski definition) is 2. The first-order valence-corrected chi connectivity index (χ1v) is 6.14. The number of halogens is 3. The van der Waals surface area contributed by atoms with Crippen molar-refractivity contribution in [2.24, 2.45) is 5.92 Å². The van der Waals surface area contributed by atoms with Crippen molar-refractivity contribution in [1.82, 2.24) is 0 Å². The maximum atomic E-state index is 12.4. The first-order chi connectivity index (χ1) is 7.82. The molecule has 5 heteroatoms. The zero-order valence-electron chi connectivity index (χ0n) is 9.54. The molecule has 1 aromatic rings. The molecule has 0 aliphatic rings. The van der Waals surface area contributed by atoms with Gasteiger partial charge >= 0.3 is 6.18 Å². The third-order valence-electron chi connectivity index (χ3n) is 1.96. The highest BCUT2D eigenvalue weighted by molar-refractivity contribution is 7.99. The van der Waals surface area contributed by atoms with Crippen molar-refractivity contribution in [3.05, 3.63) is 29.8 Å². The van der Waals surface area contributed by atoms with Crippen LogP contribution < -0.4 is 0 Å². The summed E-state index contributed by atoms with van der Waals surface area (Å²) in [6, 6.07) is 5.85. The lowest BCUT2D eigenvalue weighted by Gasteiger charge is -2.11. The van der Waals surface area contributed by atoms with Crippen LogP contribution in [0, 0.1) is 5.92 Å². The molecular formula is C12H13F3OS. The van der Waals surface area contributed by atoms with Crippen molar-refractivity contribution in [3.63, 3.8) is 0 Å². The molecule has 0 aliphatic carbocycles. The highest BCUT2D eigenvalue weighted by Crippen LogP contribution is 2.29. The summed E-state index contributed by atoms with van der Waals surface area (Å²) in [7, 11) is 0. The normalized spacial score (nSPS) is 11.9. The molecule has 1 nitrogen and oxygen atoms in total. The maximum absolute atomic E-state index is 12.4. The van der Waals surface area contributed by atoms with Gasteiger partial charge < -0.3 is 0 Å². The van der Waals surface area contributed by atoms with E-state index in [1.807, 2.05) is 13.8 Å². The van der Waals surface area contributed by atoms with Gasteiger partial charge in [0.05, 0.1) is 0 Å². The monoisotopic (exact) mass is 262 g/mol. The molecule has 1 rings (SSSR count). The Balaban J connectivity index is 2.96. The smallest absolute Gasteiger partial charge is 0.284 e. The van der Waals surface area contributed by atoms with Crippen molar-refractivity contribution in [3.8, 4) is 0 Å². The van der Waals surface area contributed by atoms with E-state index in [1.54, 1.807) is 12.1 Å². The Kier molecular flexibility index (Phi) is 4.62. The molecule has 0 atom stereocenters. The lowest BCUT2D eigenvalue weighted by atomic mass is 10.1. The third-order valence-corrected chi connectivity index (χ3v) is 3.46. The molecular weight excluding hydrogens is 249 g/mol. The fourth-order valence-corrected chi connectivity index (χ4v) is 2.19. The standard InChI is InChI=1S/C12H13F3OS/c1-8(2)7-17-10-6-4-3-5-9(10)11(16)12(13,14)15/h3-6,8H,7H2,1-2H3. The van der Waals surface area contributed by atoms with E-state index < -0.39 is 12.0 Å². The fourth-order valence-electron chi connectivity index (χ4n) is 1.19. The zero-order chi connectivity index (χ0) is 13.1. The Morgan fingerprint density at radius 2 is 1.88 bits per heavy atom. The highest BCUT2D eigenvalue weighted by atomic mass is 32.2. The Hall–Kier alpha value is -0.970. The van der Waals surface area contributed by atoms with Gasteiger partial charge in [-0.25, -0.2) is 0 Å². The van der Waals surface area contributed by atoms with Gasteiger partial charge in [0.15, 0.2) is 0 Å². The van der Waals surface area contributed by atoms with E-state index in [0.29, 0.717) is 16.6 Å². The van der Waals surface area contributed by atoms with E-state index in [9.17, 15) is 18.0 Å². The number of thioether (sulfide) groups is 1. The second-order valence-electron chi connectivity index (χ2n) is 4.03. The second-order valence-corrected chi connectivity index (χ2v) is 5.09. The molecule has 0 amide bonds. The van der Waals surface area contributed by atoms with Crippen LogP contribution in [0.4, 0.5) is 13.2 Å². The predicted molar refractivity (Wildman–Crippen MR) is 62.4 cm³/mol. The minimum atomic E-state index is -4.81. The van der Waals surface area contributed by atoms with Crippen molar-refractivity contribution >= 4 is 17.5 Å². The number of carbonyl (C=O) groups excluding carboxylic acids is 1. The molecule has 0 bridgehead atoms. The van der Waals surface area contributed by atoms with Crippen LogP contribution in [0.25, 0.3) is 0 Å². The number of carbonyl (C=O) groups is 1. The Morgan fingerprint density at radius 3 is 2.41 bits per heavy atom. The van der Waals surface area contributed by atoms with Gasteiger partial charge in [0.1, 0.15) is 0 Å². The van der Waals surface area contributed by atoms with E-state index in [2.05, 4.69) is 0 Å². The quantitative estimate of drug-likeness (QED) is 0.598. The van der Waals surface area contributed by atoms with Crippen LogP contribution in [0.15, 0.2) is 29.2 Å². The van der Waals surface area contributed by atoms with E-state index in [4.69, 9.17) is 0 Å². The molecule has 0 fully saturated rings. The summed E-state index contributed by atoms with van der Waals surface area (Å²) >= 11 is 1.28. The van der Waals surface area contributed by atoms with Crippen LogP contribution in [0.5, 0.6) is 0 Å². The van der Waals surface area contributed by atoms with Crippen LogP contribution in [0.3, 0.4) is 0 Å². The minimum Gasteiger partial charge on any atom is -0.284 e. The number of benzene rings is 1. The zero-order valence-corrected chi connectivity index (χ0v) is 10.4. The van der Waals surface area contributed by atoms with E-state index in [1.165, 1.54) is 23.9 Å². The van der Waals surface area contributed by atoms with Crippen molar-refractivity contribution in [2.75, 3.05) is 5.75 Å². The van der Waals surface area contributed by atoms with Gasteiger partial charge in [-0.3, -0.25) is 4.79 Å². The van der Waals surface area contributed by atoms with E-state index >= 15 is 0 Å². The van der Waals surface area contributed by atoms with Crippen molar-refractivity contribution in [2.45, 2.75) is 24.9 Å². The molecule has 1 aromatic carbocycles. The Bertz CT molecular complexity index is 399. The van der Waals surface area contributed by atoms with Gasteiger partial charge in [-0.2, -0.15) is 13.2 Å². The molecule has 0 aromatic heterocycles. The molecule has 0 saturated carbocycles.